The largest absolute Gasteiger partial charge is 0.389 e. The second kappa shape index (κ2) is 3.94. The van der Waals surface area contributed by atoms with Gasteiger partial charge in [-0.25, -0.2) is 0 Å². The van der Waals surface area contributed by atoms with E-state index < -0.39 is 5.60 Å². The minimum Gasteiger partial charge on any atom is -0.389 e. The van der Waals surface area contributed by atoms with Gasteiger partial charge in [0.05, 0.1) is 5.60 Å². The van der Waals surface area contributed by atoms with Gasteiger partial charge in [0.1, 0.15) is 5.78 Å². The molecular formula is C15H24O2. The van der Waals surface area contributed by atoms with Crippen LogP contribution in [0.4, 0.5) is 0 Å². The molecule has 2 heteroatoms. The Balaban J connectivity index is 2.32. The number of aliphatic hydroxyl groups is 1. The van der Waals surface area contributed by atoms with Crippen molar-refractivity contribution < 1.29 is 9.90 Å². The molecule has 96 valence electrons. The zero-order valence-corrected chi connectivity index (χ0v) is 11.3. The lowest BCUT2D eigenvalue weighted by molar-refractivity contribution is -0.180. The molecule has 4 atom stereocenters. The van der Waals surface area contributed by atoms with Crippen molar-refractivity contribution in [3.05, 3.63) is 12.2 Å². The number of hydrogen-bond acceptors (Lipinski definition) is 2. The van der Waals surface area contributed by atoms with E-state index in [0.29, 0.717) is 18.8 Å². The van der Waals surface area contributed by atoms with Crippen LogP contribution in [0.5, 0.6) is 0 Å². The molecule has 0 saturated heterocycles. The molecule has 0 aromatic carbocycles. The molecular weight excluding hydrogens is 212 g/mol. The van der Waals surface area contributed by atoms with Gasteiger partial charge in [-0.05, 0) is 43.9 Å². The van der Waals surface area contributed by atoms with Crippen molar-refractivity contribution in [1.82, 2.24) is 0 Å². The summed E-state index contributed by atoms with van der Waals surface area (Å²) < 4.78 is 0. The van der Waals surface area contributed by atoms with Crippen LogP contribution in [-0.4, -0.2) is 16.5 Å². The molecule has 2 rings (SSSR count). The summed E-state index contributed by atoms with van der Waals surface area (Å²) in [6.07, 6.45) is 4.31. The Labute approximate surface area is 104 Å². The average Bonchev–Trinajstić information content (AvgIpc) is 2.27. The maximum Gasteiger partial charge on any atom is 0.138 e. The van der Waals surface area contributed by atoms with Gasteiger partial charge >= 0.3 is 0 Å². The van der Waals surface area contributed by atoms with E-state index in [1.807, 2.05) is 13.8 Å². The second-order valence-electron chi connectivity index (χ2n) is 6.46. The molecule has 2 fully saturated rings. The van der Waals surface area contributed by atoms with Gasteiger partial charge in [0.2, 0.25) is 0 Å². The van der Waals surface area contributed by atoms with Gasteiger partial charge in [0, 0.05) is 12.3 Å². The summed E-state index contributed by atoms with van der Waals surface area (Å²) in [5, 5.41) is 11.0. The third-order valence-corrected chi connectivity index (χ3v) is 5.47. The van der Waals surface area contributed by atoms with E-state index in [1.165, 1.54) is 0 Å². The van der Waals surface area contributed by atoms with Crippen molar-refractivity contribution in [3.8, 4) is 0 Å². The quantitative estimate of drug-likeness (QED) is 0.710. The van der Waals surface area contributed by atoms with Gasteiger partial charge in [-0.2, -0.15) is 0 Å². The number of Topliss-reactive ketones (excluding diaryl/α,β-unsaturated/α-hetero) is 1. The third-order valence-electron chi connectivity index (χ3n) is 5.47. The predicted molar refractivity (Wildman–Crippen MR) is 68.6 cm³/mol. The Hall–Kier alpha value is -0.630. The van der Waals surface area contributed by atoms with Gasteiger partial charge in [0.15, 0.2) is 0 Å². The van der Waals surface area contributed by atoms with E-state index in [-0.39, 0.29) is 17.1 Å². The predicted octanol–water partition coefficient (Wildman–Crippen LogP) is 3.10. The van der Waals surface area contributed by atoms with Crippen molar-refractivity contribution in [2.75, 3.05) is 0 Å². The number of hydrogen-bond donors (Lipinski definition) is 1. The molecule has 0 heterocycles. The summed E-state index contributed by atoms with van der Waals surface area (Å²) in [6.45, 7) is 10.1. The standard InChI is InChI=1S/C15H24O2/c1-10(2)12-5-7-14(4)8-6-13(16)11(3)15(14,17)9-12/h11-12,17H,1,5-9H2,2-4H3/t11?,12?,14-,15-/m1/s1. The number of rotatable bonds is 1. The first-order chi connectivity index (χ1) is 7.80. The van der Waals surface area contributed by atoms with Crippen molar-refractivity contribution in [2.24, 2.45) is 17.3 Å². The van der Waals surface area contributed by atoms with Crippen LogP contribution in [-0.2, 0) is 4.79 Å². The Bertz CT molecular complexity index is 360. The van der Waals surface area contributed by atoms with Crippen LogP contribution in [0.2, 0.25) is 0 Å². The summed E-state index contributed by atoms with van der Waals surface area (Å²) in [5.41, 5.74) is 0.252. The Kier molecular flexibility index (Phi) is 2.97. The molecule has 0 aromatic rings. The SMILES string of the molecule is C=C(C)C1CC[C@]2(C)CCC(=O)C(C)[C@]2(O)C1. The van der Waals surface area contributed by atoms with Gasteiger partial charge < -0.3 is 5.11 Å². The summed E-state index contributed by atoms with van der Waals surface area (Å²) in [5.74, 6) is 0.386. The number of carbonyl (C=O) groups is 1. The van der Waals surface area contributed by atoms with Crippen LogP contribution in [0.3, 0.4) is 0 Å². The maximum absolute atomic E-state index is 11.9. The van der Waals surface area contributed by atoms with Crippen molar-refractivity contribution >= 4 is 5.78 Å². The molecule has 17 heavy (non-hydrogen) atoms. The molecule has 0 spiro atoms. The third kappa shape index (κ3) is 1.77. The van der Waals surface area contributed by atoms with Gasteiger partial charge in [-0.15, -0.1) is 0 Å². The van der Waals surface area contributed by atoms with Crippen LogP contribution in [0, 0.1) is 17.3 Å². The summed E-state index contributed by atoms with van der Waals surface area (Å²) >= 11 is 0. The van der Waals surface area contributed by atoms with Gasteiger partial charge in [-0.1, -0.05) is 26.0 Å². The molecule has 2 nitrogen and oxygen atoms in total. The normalized spacial score (nSPS) is 46.5. The molecule has 2 aliphatic carbocycles. The highest BCUT2D eigenvalue weighted by Crippen LogP contribution is 2.56. The van der Waals surface area contributed by atoms with Crippen LogP contribution >= 0.6 is 0 Å². The van der Waals surface area contributed by atoms with E-state index in [2.05, 4.69) is 13.5 Å². The summed E-state index contributed by atoms with van der Waals surface area (Å²) in [6, 6.07) is 0. The molecule has 0 radical (unpaired) electrons. The van der Waals surface area contributed by atoms with Crippen molar-refractivity contribution in [1.29, 1.82) is 0 Å². The first kappa shape index (κ1) is 12.8. The van der Waals surface area contributed by atoms with Crippen LogP contribution in [0.25, 0.3) is 0 Å². The lowest BCUT2D eigenvalue weighted by atomic mass is 9.51. The topological polar surface area (TPSA) is 37.3 Å². The van der Waals surface area contributed by atoms with Crippen LogP contribution < -0.4 is 0 Å². The molecule has 2 aliphatic rings. The van der Waals surface area contributed by atoms with Gasteiger partial charge in [0.25, 0.3) is 0 Å². The molecule has 0 aliphatic heterocycles. The minimum absolute atomic E-state index is 0.0771. The first-order valence-corrected chi connectivity index (χ1v) is 6.71. The number of fused-ring (bicyclic) bond motifs is 1. The lowest BCUT2D eigenvalue weighted by Gasteiger charge is -2.56. The Morgan fingerprint density at radius 2 is 2.12 bits per heavy atom. The summed E-state index contributed by atoms with van der Waals surface area (Å²) in [7, 11) is 0. The van der Waals surface area contributed by atoms with E-state index in [0.717, 1.165) is 24.8 Å². The zero-order chi connectivity index (χ0) is 12.8. The Morgan fingerprint density at radius 3 is 2.71 bits per heavy atom. The van der Waals surface area contributed by atoms with Crippen LogP contribution in [0.1, 0.15) is 52.9 Å². The minimum atomic E-state index is -0.815. The second-order valence-corrected chi connectivity index (χ2v) is 6.46. The van der Waals surface area contributed by atoms with Crippen molar-refractivity contribution in [3.63, 3.8) is 0 Å². The molecule has 0 aromatic heterocycles. The van der Waals surface area contributed by atoms with E-state index in [4.69, 9.17) is 0 Å². The monoisotopic (exact) mass is 236 g/mol. The van der Waals surface area contributed by atoms with Crippen LogP contribution in [0.15, 0.2) is 12.2 Å². The molecule has 2 unspecified atom stereocenters. The molecule has 2 saturated carbocycles. The number of allylic oxidation sites excluding steroid dienone is 1. The highest BCUT2D eigenvalue weighted by atomic mass is 16.3. The fourth-order valence-electron chi connectivity index (χ4n) is 3.78. The van der Waals surface area contributed by atoms with E-state index >= 15 is 0 Å². The van der Waals surface area contributed by atoms with Crippen molar-refractivity contribution in [2.45, 2.75) is 58.5 Å². The number of carbonyl (C=O) groups excluding carboxylic acids is 1. The summed E-state index contributed by atoms with van der Waals surface area (Å²) in [4.78, 5) is 11.9. The fraction of sp³-hybridized carbons (Fsp3) is 0.800. The lowest BCUT2D eigenvalue weighted by Crippen LogP contribution is -2.60. The first-order valence-electron chi connectivity index (χ1n) is 6.71. The number of ketones is 1. The van der Waals surface area contributed by atoms with E-state index in [1.54, 1.807) is 0 Å². The molecule has 1 N–H and O–H groups in total. The highest BCUT2D eigenvalue weighted by molar-refractivity contribution is 5.83. The fourth-order valence-corrected chi connectivity index (χ4v) is 3.78. The highest BCUT2D eigenvalue weighted by Gasteiger charge is 2.57. The molecule has 0 amide bonds. The zero-order valence-electron chi connectivity index (χ0n) is 11.3. The maximum atomic E-state index is 11.9. The average molecular weight is 236 g/mol. The molecule has 0 bridgehead atoms. The van der Waals surface area contributed by atoms with Gasteiger partial charge in [-0.3, -0.25) is 4.79 Å². The Morgan fingerprint density at radius 1 is 1.47 bits per heavy atom. The van der Waals surface area contributed by atoms with E-state index in [9.17, 15) is 9.90 Å². The smallest absolute Gasteiger partial charge is 0.138 e.